The standard InChI is InChI=1S/C19H32N4O2/c1-6-14(7-2)16-12-17(21-13-20-16)23-10-8-15(9-11-23)22-18(24)25-19(3,4)5/h12-15H,6-11H2,1-5H3,(H,22,24). The van der Waals surface area contributed by atoms with Crippen LogP contribution in [-0.4, -0.2) is 40.8 Å². The lowest BCUT2D eigenvalue weighted by molar-refractivity contribution is 0.0497. The molecular formula is C19H32N4O2. The monoisotopic (exact) mass is 348 g/mol. The summed E-state index contributed by atoms with van der Waals surface area (Å²) in [6, 6.07) is 2.28. The van der Waals surface area contributed by atoms with Gasteiger partial charge in [0.25, 0.3) is 0 Å². The van der Waals surface area contributed by atoms with E-state index in [0.29, 0.717) is 5.92 Å². The number of alkyl carbamates (subject to hydrolysis) is 1. The van der Waals surface area contributed by atoms with Crippen LogP contribution in [0.25, 0.3) is 0 Å². The van der Waals surface area contributed by atoms with E-state index in [9.17, 15) is 4.79 Å². The Morgan fingerprint density at radius 2 is 1.92 bits per heavy atom. The van der Waals surface area contributed by atoms with Crippen molar-refractivity contribution in [1.82, 2.24) is 15.3 Å². The summed E-state index contributed by atoms with van der Waals surface area (Å²) in [5, 5.41) is 2.97. The Balaban J connectivity index is 1.90. The molecule has 25 heavy (non-hydrogen) atoms. The second-order valence-corrected chi connectivity index (χ2v) is 7.72. The zero-order valence-electron chi connectivity index (χ0n) is 16.2. The van der Waals surface area contributed by atoms with Gasteiger partial charge in [0.1, 0.15) is 17.7 Å². The Hall–Kier alpha value is -1.85. The van der Waals surface area contributed by atoms with Gasteiger partial charge in [0.15, 0.2) is 0 Å². The predicted octanol–water partition coefficient (Wildman–Crippen LogP) is 3.87. The molecule has 1 aromatic heterocycles. The number of aromatic nitrogens is 2. The van der Waals surface area contributed by atoms with Crippen molar-refractivity contribution in [3.05, 3.63) is 18.1 Å². The molecule has 1 aliphatic heterocycles. The molecule has 0 unspecified atom stereocenters. The summed E-state index contributed by atoms with van der Waals surface area (Å²) >= 11 is 0. The fraction of sp³-hybridized carbons (Fsp3) is 0.737. The van der Waals surface area contributed by atoms with Gasteiger partial charge in [-0.05, 0) is 46.5 Å². The van der Waals surface area contributed by atoms with Gasteiger partial charge in [0.2, 0.25) is 0 Å². The largest absolute Gasteiger partial charge is 0.444 e. The fourth-order valence-corrected chi connectivity index (χ4v) is 3.19. The minimum atomic E-state index is -0.461. The highest BCUT2D eigenvalue weighted by Gasteiger charge is 2.24. The average molecular weight is 348 g/mol. The van der Waals surface area contributed by atoms with Gasteiger partial charge >= 0.3 is 6.09 Å². The molecular weight excluding hydrogens is 316 g/mol. The van der Waals surface area contributed by atoms with Crippen LogP contribution < -0.4 is 10.2 Å². The molecule has 0 radical (unpaired) electrons. The van der Waals surface area contributed by atoms with Crippen molar-refractivity contribution in [2.24, 2.45) is 0 Å². The molecule has 0 saturated carbocycles. The van der Waals surface area contributed by atoms with E-state index in [2.05, 4.69) is 40.1 Å². The normalized spacial score (nSPS) is 16.2. The molecule has 2 heterocycles. The third-order valence-electron chi connectivity index (χ3n) is 4.62. The van der Waals surface area contributed by atoms with Crippen LogP contribution in [0.4, 0.5) is 10.6 Å². The van der Waals surface area contributed by atoms with Gasteiger partial charge < -0.3 is 15.0 Å². The van der Waals surface area contributed by atoms with Gasteiger partial charge in [0, 0.05) is 36.8 Å². The maximum atomic E-state index is 11.9. The molecule has 0 atom stereocenters. The summed E-state index contributed by atoms with van der Waals surface area (Å²) in [6.07, 6.45) is 5.31. The first-order valence-corrected chi connectivity index (χ1v) is 9.38. The summed E-state index contributed by atoms with van der Waals surface area (Å²) in [7, 11) is 0. The lowest BCUT2D eigenvalue weighted by Crippen LogP contribution is -2.46. The van der Waals surface area contributed by atoms with E-state index in [0.717, 1.165) is 50.3 Å². The maximum Gasteiger partial charge on any atom is 0.407 e. The number of piperidine rings is 1. The lowest BCUT2D eigenvalue weighted by Gasteiger charge is -2.33. The number of amides is 1. The number of hydrogen-bond donors (Lipinski definition) is 1. The Bertz CT molecular complexity index is 559. The van der Waals surface area contributed by atoms with Crippen molar-refractivity contribution in [1.29, 1.82) is 0 Å². The van der Waals surface area contributed by atoms with Gasteiger partial charge in [-0.2, -0.15) is 0 Å². The summed E-state index contributed by atoms with van der Waals surface area (Å²) in [4.78, 5) is 23.1. The van der Waals surface area contributed by atoms with Crippen molar-refractivity contribution in [2.75, 3.05) is 18.0 Å². The summed E-state index contributed by atoms with van der Waals surface area (Å²) in [5.41, 5.74) is 0.668. The lowest BCUT2D eigenvalue weighted by atomic mass is 9.99. The molecule has 6 nitrogen and oxygen atoms in total. The Morgan fingerprint density at radius 3 is 2.48 bits per heavy atom. The van der Waals surface area contributed by atoms with Gasteiger partial charge in [-0.1, -0.05) is 13.8 Å². The van der Waals surface area contributed by atoms with Gasteiger partial charge in [-0.25, -0.2) is 14.8 Å². The number of rotatable bonds is 5. The smallest absolute Gasteiger partial charge is 0.407 e. The molecule has 0 aliphatic carbocycles. The third kappa shape index (κ3) is 5.87. The minimum absolute atomic E-state index is 0.159. The zero-order chi connectivity index (χ0) is 18.4. The molecule has 140 valence electrons. The molecule has 1 amide bonds. The van der Waals surface area contributed by atoms with Gasteiger partial charge in [-0.3, -0.25) is 0 Å². The van der Waals surface area contributed by atoms with Gasteiger partial charge in [-0.15, -0.1) is 0 Å². The van der Waals surface area contributed by atoms with E-state index < -0.39 is 5.60 Å². The molecule has 1 saturated heterocycles. The van der Waals surface area contributed by atoms with Crippen LogP contribution in [-0.2, 0) is 4.74 Å². The number of nitrogens with zero attached hydrogens (tertiary/aromatic N) is 3. The summed E-state index contributed by atoms with van der Waals surface area (Å²) in [6.45, 7) is 11.8. The fourth-order valence-electron chi connectivity index (χ4n) is 3.19. The van der Waals surface area contributed by atoms with Crippen molar-refractivity contribution >= 4 is 11.9 Å². The first-order valence-electron chi connectivity index (χ1n) is 9.38. The van der Waals surface area contributed by atoms with E-state index >= 15 is 0 Å². The molecule has 1 aliphatic rings. The Labute approximate surface area is 151 Å². The maximum absolute atomic E-state index is 11.9. The number of carbonyl (C=O) groups excluding carboxylic acids is 1. The van der Waals surface area contributed by atoms with Crippen LogP contribution in [0.2, 0.25) is 0 Å². The molecule has 1 aromatic rings. The van der Waals surface area contributed by atoms with E-state index in [1.807, 2.05) is 20.8 Å². The van der Waals surface area contributed by atoms with Crippen molar-refractivity contribution in [3.8, 4) is 0 Å². The number of anilines is 1. The number of ether oxygens (including phenoxy) is 1. The molecule has 0 bridgehead atoms. The first kappa shape index (κ1) is 19.5. The average Bonchev–Trinajstić information content (AvgIpc) is 2.55. The Morgan fingerprint density at radius 1 is 1.28 bits per heavy atom. The van der Waals surface area contributed by atoms with Crippen LogP contribution in [0.1, 0.15) is 71.9 Å². The SMILES string of the molecule is CCC(CC)c1cc(N2CCC(NC(=O)OC(C)(C)C)CC2)ncn1. The molecule has 6 heteroatoms. The van der Waals surface area contributed by atoms with Crippen molar-refractivity contribution < 1.29 is 9.53 Å². The van der Waals surface area contributed by atoms with Crippen LogP contribution in [0.15, 0.2) is 12.4 Å². The molecule has 0 aromatic carbocycles. The molecule has 1 fully saturated rings. The Kier molecular flexibility index (Phi) is 6.62. The van der Waals surface area contributed by atoms with E-state index in [1.165, 1.54) is 0 Å². The topological polar surface area (TPSA) is 67.4 Å². The highest BCUT2D eigenvalue weighted by molar-refractivity contribution is 5.68. The minimum Gasteiger partial charge on any atom is -0.444 e. The predicted molar refractivity (Wildman–Crippen MR) is 100.0 cm³/mol. The van der Waals surface area contributed by atoms with Crippen molar-refractivity contribution in [3.63, 3.8) is 0 Å². The molecule has 2 rings (SSSR count). The van der Waals surface area contributed by atoms with Crippen LogP contribution in [0, 0.1) is 0 Å². The second-order valence-electron chi connectivity index (χ2n) is 7.72. The van der Waals surface area contributed by atoms with Crippen LogP contribution in [0.5, 0.6) is 0 Å². The van der Waals surface area contributed by atoms with Crippen molar-refractivity contribution in [2.45, 2.75) is 77.9 Å². The second kappa shape index (κ2) is 8.50. The van der Waals surface area contributed by atoms with Crippen LogP contribution in [0.3, 0.4) is 0 Å². The third-order valence-corrected chi connectivity index (χ3v) is 4.62. The highest BCUT2D eigenvalue weighted by atomic mass is 16.6. The van der Waals surface area contributed by atoms with E-state index in [1.54, 1.807) is 6.33 Å². The molecule has 1 N–H and O–H groups in total. The van der Waals surface area contributed by atoms with E-state index in [-0.39, 0.29) is 12.1 Å². The zero-order valence-corrected chi connectivity index (χ0v) is 16.2. The summed E-state index contributed by atoms with van der Waals surface area (Å²) < 4.78 is 5.33. The number of nitrogens with one attached hydrogen (secondary N) is 1. The quantitative estimate of drug-likeness (QED) is 0.875. The summed E-state index contributed by atoms with van der Waals surface area (Å²) in [5.74, 6) is 1.49. The first-order chi connectivity index (χ1) is 11.8. The van der Waals surface area contributed by atoms with Gasteiger partial charge in [0.05, 0.1) is 0 Å². The van der Waals surface area contributed by atoms with E-state index in [4.69, 9.17) is 4.74 Å². The number of carbonyl (C=O) groups is 1. The number of hydrogen-bond acceptors (Lipinski definition) is 5. The molecule has 0 spiro atoms. The highest BCUT2D eigenvalue weighted by Crippen LogP contribution is 2.25. The van der Waals surface area contributed by atoms with Crippen LogP contribution >= 0.6 is 0 Å².